The van der Waals surface area contributed by atoms with Gasteiger partial charge in [-0.15, -0.1) is 0 Å². The van der Waals surface area contributed by atoms with Crippen LogP contribution in [0.3, 0.4) is 0 Å². The zero-order valence-electron chi connectivity index (χ0n) is 9.41. The molecule has 2 aromatic rings. The van der Waals surface area contributed by atoms with E-state index in [9.17, 15) is 0 Å². The van der Waals surface area contributed by atoms with Gasteiger partial charge in [-0.1, -0.05) is 0 Å². The van der Waals surface area contributed by atoms with E-state index < -0.39 is 25.0 Å². The molecule has 0 aliphatic heterocycles. The van der Waals surface area contributed by atoms with Gasteiger partial charge in [0.25, 0.3) is 0 Å². The molecule has 1 nitrogen and oxygen atoms in total. The van der Waals surface area contributed by atoms with Crippen LogP contribution < -0.4 is 5.72 Å². The molecule has 0 atom stereocenters. The van der Waals surface area contributed by atoms with Crippen LogP contribution in [0.4, 0.5) is 0 Å². The fraction of sp³-hybridized carbons (Fsp3) is 0.0769. The summed E-state index contributed by atoms with van der Waals surface area (Å²) < 4.78 is 9.56. The van der Waals surface area contributed by atoms with Crippen molar-refractivity contribution in [3.63, 3.8) is 0 Å². The summed E-state index contributed by atoms with van der Waals surface area (Å²) in [6.07, 6.45) is 0. The zero-order chi connectivity index (χ0) is 12.3. The minimum absolute atomic E-state index is 0.999. The number of rotatable bonds is 3. The van der Waals surface area contributed by atoms with Crippen molar-refractivity contribution in [1.82, 2.24) is 0 Å². The molecule has 0 aromatic heterocycles. The second-order valence-electron chi connectivity index (χ2n) is 3.81. The average Bonchev–Trinajstić information content (AvgIpc) is 2.29. The Bertz CT molecular complexity index is 491. The Morgan fingerprint density at radius 2 is 1.76 bits per heavy atom. The summed E-state index contributed by atoms with van der Waals surface area (Å²) in [7, 11) is 0. The van der Waals surface area contributed by atoms with Crippen molar-refractivity contribution in [2.24, 2.45) is 0 Å². The summed E-state index contributed by atoms with van der Waals surface area (Å²) in [6.45, 7) is 2.07. The molecular weight excluding hydrogens is 533 g/mol. The Labute approximate surface area is 131 Å². The van der Waals surface area contributed by atoms with Gasteiger partial charge in [-0.3, -0.25) is 0 Å². The van der Waals surface area contributed by atoms with Crippen LogP contribution in [-0.2, 0) is 25.0 Å². The van der Waals surface area contributed by atoms with Crippen LogP contribution in [0.15, 0.2) is 51.4 Å². The second-order valence-corrected chi connectivity index (χ2v) is 11.0. The van der Waals surface area contributed by atoms with Crippen molar-refractivity contribution in [2.75, 3.05) is 0 Å². The number of aryl methyl sites for hydroxylation is 1. The van der Waals surface area contributed by atoms with E-state index in [4.69, 9.17) is 2.64 Å². The molecule has 0 fully saturated rings. The Kier molecular flexibility index (Phi) is 5.06. The molecule has 0 radical (unpaired) electrons. The van der Waals surface area contributed by atoms with Crippen LogP contribution in [-0.4, -0.2) is 0 Å². The van der Waals surface area contributed by atoms with E-state index in [1.54, 1.807) is 0 Å². The van der Waals surface area contributed by atoms with Gasteiger partial charge in [-0.2, -0.15) is 0 Å². The minimum atomic E-state index is -1.49. The maximum absolute atomic E-state index is 6.06. The first-order valence-electron chi connectivity index (χ1n) is 5.29. The molecule has 0 aliphatic rings. The Balaban J connectivity index is 2.15. The van der Waals surface area contributed by atoms with Gasteiger partial charge in [0.05, 0.1) is 0 Å². The van der Waals surface area contributed by atoms with E-state index in [1.807, 2.05) is 12.1 Å². The fourth-order valence-corrected chi connectivity index (χ4v) is 8.48. The van der Waals surface area contributed by atoms with Crippen molar-refractivity contribution < 1.29 is 27.7 Å². The van der Waals surface area contributed by atoms with E-state index in [0.717, 1.165) is 14.7 Å². The molecule has 0 spiro atoms. The SMILES string of the molecule is Cc1cc(Br)cc(Br)c1[O][Hg][c]1ccccc1. The normalized spacial score (nSPS) is 9.82. The first kappa shape index (κ1) is 13.6. The average molecular weight is 543 g/mol. The van der Waals surface area contributed by atoms with Crippen LogP contribution in [0.25, 0.3) is 0 Å². The Morgan fingerprint density at radius 1 is 1.06 bits per heavy atom. The molecule has 17 heavy (non-hydrogen) atoms. The van der Waals surface area contributed by atoms with Crippen molar-refractivity contribution >= 4 is 34.9 Å². The molecule has 2 aromatic carbocycles. The van der Waals surface area contributed by atoms with Crippen LogP contribution in [0.1, 0.15) is 5.56 Å². The molecule has 0 saturated carbocycles. The van der Waals surface area contributed by atoms with E-state index in [0.29, 0.717) is 0 Å². The summed E-state index contributed by atoms with van der Waals surface area (Å²) in [5.74, 6) is 0.999. The summed E-state index contributed by atoms with van der Waals surface area (Å²) in [5.41, 5.74) is 1.17. The number of benzene rings is 2. The first-order valence-corrected chi connectivity index (χ1v) is 11.9. The van der Waals surface area contributed by atoms with Gasteiger partial charge in [-0.05, 0) is 0 Å². The molecule has 0 N–H and O–H groups in total. The van der Waals surface area contributed by atoms with Gasteiger partial charge >= 0.3 is 132 Å². The maximum atomic E-state index is 6.06. The molecule has 0 bridgehead atoms. The Hall–Kier alpha value is 0.135. The molecule has 4 heteroatoms. The molecule has 2 rings (SSSR count). The molecular formula is C13H10Br2HgO. The Morgan fingerprint density at radius 3 is 2.41 bits per heavy atom. The van der Waals surface area contributed by atoms with Gasteiger partial charge in [0, 0.05) is 0 Å². The monoisotopic (exact) mass is 542 g/mol. The molecule has 0 heterocycles. The number of halogens is 2. The summed E-state index contributed by atoms with van der Waals surface area (Å²) in [5, 5.41) is 0. The van der Waals surface area contributed by atoms with Crippen LogP contribution >= 0.6 is 31.9 Å². The number of hydrogen-bond donors (Lipinski definition) is 0. The third-order valence-electron chi connectivity index (χ3n) is 2.42. The number of hydrogen-bond acceptors (Lipinski definition) is 1. The van der Waals surface area contributed by atoms with Gasteiger partial charge in [0.15, 0.2) is 0 Å². The van der Waals surface area contributed by atoms with E-state index in [-0.39, 0.29) is 0 Å². The summed E-state index contributed by atoms with van der Waals surface area (Å²) in [4.78, 5) is 0. The first-order chi connectivity index (χ1) is 8.16. The van der Waals surface area contributed by atoms with Crippen LogP contribution in [0, 0.1) is 6.92 Å². The van der Waals surface area contributed by atoms with Gasteiger partial charge < -0.3 is 0 Å². The van der Waals surface area contributed by atoms with E-state index >= 15 is 0 Å². The van der Waals surface area contributed by atoms with Gasteiger partial charge in [0.2, 0.25) is 0 Å². The molecule has 0 unspecified atom stereocenters. The van der Waals surface area contributed by atoms with Crippen molar-refractivity contribution in [3.8, 4) is 5.75 Å². The molecule has 0 aliphatic carbocycles. The summed E-state index contributed by atoms with van der Waals surface area (Å²) >= 11 is 5.54. The van der Waals surface area contributed by atoms with E-state index in [2.05, 4.69) is 69.1 Å². The standard InChI is InChI=1S/C7H6Br2O.C6H5.Hg/c1-4-2-5(8)3-6(9)7(4)10;1-2-4-6-5-3-1;/h2-3,10H,1H3;1-5H;/q;;+1/p-1. The predicted octanol–water partition coefficient (Wildman–Crippen LogP) is 4.22. The van der Waals surface area contributed by atoms with Crippen molar-refractivity contribution in [2.45, 2.75) is 6.92 Å². The fourth-order valence-electron chi connectivity index (χ4n) is 1.60. The second kappa shape index (κ2) is 6.35. The molecule has 0 saturated heterocycles. The quantitative estimate of drug-likeness (QED) is 0.528. The molecule has 84 valence electrons. The zero-order valence-corrected chi connectivity index (χ0v) is 18.1. The van der Waals surface area contributed by atoms with Gasteiger partial charge in [-0.25, -0.2) is 0 Å². The van der Waals surface area contributed by atoms with Crippen LogP contribution in [0.2, 0.25) is 0 Å². The predicted molar refractivity (Wildman–Crippen MR) is 73.3 cm³/mol. The topological polar surface area (TPSA) is 9.23 Å². The molecule has 0 amide bonds. The van der Waals surface area contributed by atoms with E-state index in [1.165, 1.54) is 8.64 Å². The summed E-state index contributed by atoms with van der Waals surface area (Å²) in [6, 6.07) is 14.6. The van der Waals surface area contributed by atoms with Crippen molar-refractivity contribution in [3.05, 3.63) is 57.0 Å². The third kappa shape index (κ3) is 3.80. The van der Waals surface area contributed by atoms with Gasteiger partial charge in [0.1, 0.15) is 0 Å². The van der Waals surface area contributed by atoms with Crippen LogP contribution in [0.5, 0.6) is 5.75 Å². The third-order valence-corrected chi connectivity index (χ3v) is 8.28. The van der Waals surface area contributed by atoms with Crippen molar-refractivity contribution in [1.29, 1.82) is 0 Å².